The zero-order chi connectivity index (χ0) is 14.3. The first kappa shape index (κ1) is 13.1. The number of nitrogens with two attached hydrogens (primary N) is 1. The predicted molar refractivity (Wildman–Crippen MR) is 80.3 cm³/mol. The van der Waals surface area contributed by atoms with Crippen molar-refractivity contribution in [3.05, 3.63) is 57.8 Å². The second-order valence-corrected chi connectivity index (χ2v) is 5.63. The first-order chi connectivity index (χ1) is 9.56. The molecular weight excluding hydrogens is 323 g/mol. The Morgan fingerprint density at radius 3 is 2.85 bits per heavy atom. The number of nitrogen functional groups attached to an aromatic ring is 1. The van der Waals surface area contributed by atoms with E-state index >= 15 is 0 Å². The van der Waals surface area contributed by atoms with E-state index in [9.17, 15) is 9.18 Å². The van der Waals surface area contributed by atoms with Crippen LogP contribution in [0.15, 0.2) is 40.9 Å². The number of amides is 1. The smallest absolute Gasteiger partial charge is 0.261 e. The molecule has 2 N–H and O–H groups in total. The first-order valence-electron chi connectivity index (χ1n) is 6.21. The van der Waals surface area contributed by atoms with Crippen molar-refractivity contribution < 1.29 is 9.18 Å². The van der Waals surface area contributed by atoms with Crippen molar-refractivity contribution in [2.24, 2.45) is 0 Å². The Labute approximate surface area is 124 Å². The van der Waals surface area contributed by atoms with Crippen LogP contribution in [0.3, 0.4) is 0 Å². The van der Waals surface area contributed by atoms with Crippen LogP contribution in [0, 0.1) is 5.82 Å². The highest BCUT2D eigenvalue weighted by Gasteiger charge is 2.27. The quantitative estimate of drug-likeness (QED) is 0.812. The van der Waals surface area contributed by atoms with E-state index in [2.05, 4.69) is 15.9 Å². The molecule has 2 aromatic carbocycles. The van der Waals surface area contributed by atoms with Crippen molar-refractivity contribution in [3.63, 3.8) is 0 Å². The van der Waals surface area contributed by atoms with Crippen molar-refractivity contribution in [2.45, 2.75) is 6.42 Å². The van der Waals surface area contributed by atoms with Crippen LogP contribution in [0.25, 0.3) is 0 Å². The van der Waals surface area contributed by atoms with E-state index in [1.165, 1.54) is 12.1 Å². The molecule has 3 rings (SSSR count). The molecule has 1 aliphatic heterocycles. The molecule has 0 bridgehead atoms. The lowest BCUT2D eigenvalue weighted by atomic mass is 10.1. The molecule has 102 valence electrons. The van der Waals surface area contributed by atoms with Crippen LogP contribution in [-0.2, 0) is 6.42 Å². The highest BCUT2D eigenvalue weighted by molar-refractivity contribution is 9.10. The van der Waals surface area contributed by atoms with E-state index in [1.54, 1.807) is 17.0 Å². The molecule has 0 spiro atoms. The van der Waals surface area contributed by atoms with Gasteiger partial charge >= 0.3 is 0 Å². The molecule has 1 heterocycles. The third kappa shape index (κ3) is 2.18. The van der Waals surface area contributed by atoms with E-state index < -0.39 is 5.82 Å². The summed E-state index contributed by atoms with van der Waals surface area (Å²) in [5, 5.41) is 0. The number of benzene rings is 2. The summed E-state index contributed by atoms with van der Waals surface area (Å²) in [6.45, 7) is 0.545. The summed E-state index contributed by atoms with van der Waals surface area (Å²) in [6, 6.07) is 9.79. The van der Waals surface area contributed by atoms with Gasteiger partial charge in [0.05, 0.1) is 5.56 Å². The number of carbonyl (C=O) groups is 1. The molecule has 0 radical (unpaired) electrons. The topological polar surface area (TPSA) is 46.3 Å². The molecule has 1 amide bonds. The number of hydrogen-bond acceptors (Lipinski definition) is 2. The van der Waals surface area contributed by atoms with Gasteiger partial charge in [0.25, 0.3) is 5.91 Å². The number of fused-ring (bicyclic) bond motifs is 1. The Morgan fingerprint density at radius 1 is 1.25 bits per heavy atom. The highest BCUT2D eigenvalue weighted by Crippen LogP contribution is 2.31. The van der Waals surface area contributed by atoms with E-state index in [0.717, 1.165) is 17.7 Å². The van der Waals surface area contributed by atoms with Crippen LogP contribution in [0.5, 0.6) is 0 Å². The molecule has 20 heavy (non-hydrogen) atoms. The minimum absolute atomic E-state index is 0.0732. The van der Waals surface area contributed by atoms with Gasteiger partial charge in [0.15, 0.2) is 0 Å². The molecule has 0 fully saturated rings. The van der Waals surface area contributed by atoms with Gasteiger partial charge in [-0.05, 0) is 48.4 Å². The summed E-state index contributed by atoms with van der Waals surface area (Å²) >= 11 is 3.26. The third-order valence-electron chi connectivity index (χ3n) is 3.40. The maximum atomic E-state index is 13.8. The number of halogens is 2. The summed E-state index contributed by atoms with van der Waals surface area (Å²) in [6.07, 6.45) is 0.738. The van der Waals surface area contributed by atoms with E-state index in [0.29, 0.717) is 16.7 Å². The van der Waals surface area contributed by atoms with Gasteiger partial charge < -0.3 is 10.6 Å². The molecule has 0 aliphatic carbocycles. The summed E-state index contributed by atoms with van der Waals surface area (Å²) < 4.78 is 14.5. The number of nitrogens with zero attached hydrogens (tertiary/aromatic N) is 1. The van der Waals surface area contributed by atoms with Gasteiger partial charge in [-0.15, -0.1) is 0 Å². The monoisotopic (exact) mass is 334 g/mol. The molecule has 0 aromatic heterocycles. The van der Waals surface area contributed by atoms with Crippen molar-refractivity contribution in [3.8, 4) is 0 Å². The lowest BCUT2D eigenvalue weighted by Gasteiger charge is -2.18. The molecule has 2 aromatic rings. The fourth-order valence-corrected chi connectivity index (χ4v) is 2.80. The summed E-state index contributed by atoms with van der Waals surface area (Å²) in [7, 11) is 0. The van der Waals surface area contributed by atoms with Gasteiger partial charge in [0.1, 0.15) is 5.82 Å². The van der Waals surface area contributed by atoms with E-state index in [4.69, 9.17) is 5.73 Å². The maximum Gasteiger partial charge on any atom is 0.261 e. The third-order valence-corrected chi connectivity index (χ3v) is 3.90. The molecule has 1 aliphatic rings. The number of anilines is 2. The van der Waals surface area contributed by atoms with E-state index in [1.807, 2.05) is 12.1 Å². The Bertz CT molecular complexity index is 702. The average molecular weight is 335 g/mol. The Morgan fingerprint density at radius 2 is 2.05 bits per heavy atom. The molecule has 0 unspecified atom stereocenters. The zero-order valence-electron chi connectivity index (χ0n) is 10.6. The lowest BCUT2D eigenvalue weighted by molar-refractivity contribution is 0.0985. The Kier molecular flexibility index (Phi) is 3.22. The number of carbonyl (C=O) groups excluding carboxylic acids is 1. The van der Waals surface area contributed by atoms with Crippen LogP contribution in [0.4, 0.5) is 15.8 Å². The molecule has 5 heteroatoms. The van der Waals surface area contributed by atoms with Gasteiger partial charge in [-0.3, -0.25) is 4.79 Å². The second-order valence-electron chi connectivity index (χ2n) is 4.72. The summed E-state index contributed by atoms with van der Waals surface area (Å²) in [5.41, 5.74) is 8.31. The largest absolute Gasteiger partial charge is 0.399 e. The van der Waals surface area contributed by atoms with Crippen molar-refractivity contribution >= 4 is 33.2 Å². The van der Waals surface area contributed by atoms with Crippen LogP contribution in [0.1, 0.15) is 15.9 Å². The predicted octanol–water partition coefficient (Wildman–Crippen LogP) is 3.37. The van der Waals surface area contributed by atoms with Crippen molar-refractivity contribution in [2.75, 3.05) is 17.2 Å². The van der Waals surface area contributed by atoms with Gasteiger partial charge in [0, 0.05) is 22.4 Å². The lowest BCUT2D eigenvalue weighted by Crippen LogP contribution is -2.29. The van der Waals surface area contributed by atoms with Crippen molar-refractivity contribution in [1.82, 2.24) is 0 Å². The van der Waals surface area contributed by atoms with Crippen LogP contribution in [-0.4, -0.2) is 12.5 Å². The fourth-order valence-electron chi connectivity index (χ4n) is 2.44. The van der Waals surface area contributed by atoms with Gasteiger partial charge in [-0.2, -0.15) is 0 Å². The van der Waals surface area contributed by atoms with Crippen LogP contribution in [0.2, 0.25) is 0 Å². The van der Waals surface area contributed by atoms with Gasteiger partial charge in [-0.1, -0.05) is 15.9 Å². The number of rotatable bonds is 1. The summed E-state index contributed by atoms with van der Waals surface area (Å²) in [5.74, 6) is -0.839. The van der Waals surface area contributed by atoms with Crippen LogP contribution < -0.4 is 10.6 Å². The van der Waals surface area contributed by atoms with Crippen LogP contribution >= 0.6 is 15.9 Å². The zero-order valence-corrected chi connectivity index (χ0v) is 12.2. The molecule has 0 saturated carbocycles. The SMILES string of the molecule is Nc1ccc2c(c1)CCN2C(=O)c1cc(Br)ccc1F. The molecular formula is C15H12BrFN2O. The first-order valence-corrected chi connectivity index (χ1v) is 7.01. The maximum absolute atomic E-state index is 13.8. The normalized spacial score (nSPS) is 13.4. The molecule has 3 nitrogen and oxygen atoms in total. The minimum atomic E-state index is -0.512. The Hall–Kier alpha value is -1.88. The van der Waals surface area contributed by atoms with Gasteiger partial charge in [0.2, 0.25) is 0 Å². The molecule has 0 atom stereocenters. The Balaban J connectivity index is 2.00. The molecule has 0 saturated heterocycles. The van der Waals surface area contributed by atoms with Crippen molar-refractivity contribution in [1.29, 1.82) is 0 Å². The van der Waals surface area contributed by atoms with E-state index in [-0.39, 0.29) is 11.5 Å². The number of hydrogen-bond donors (Lipinski definition) is 1. The standard InChI is InChI=1S/C15H12BrFN2O/c16-10-1-3-13(17)12(8-10)15(20)19-6-5-9-7-11(18)2-4-14(9)19/h1-4,7-8H,5-6,18H2. The summed E-state index contributed by atoms with van der Waals surface area (Å²) in [4.78, 5) is 14.1. The fraction of sp³-hybridized carbons (Fsp3) is 0.133. The van der Waals surface area contributed by atoms with Gasteiger partial charge in [-0.25, -0.2) is 4.39 Å². The second kappa shape index (κ2) is 4.90. The highest BCUT2D eigenvalue weighted by atomic mass is 79.9. The minimum Gasteiger partial charge on any atom is -0.399 e. The average Bonchev–Trinajstić information content (AvgIpc) is 2.83.